The second-order valence-corrected chi connectivity index (χ2v) is 2.47. The number of rotatable bonds is 3. The van der Waals surface area contributed by atoms with Crippen LogP contribution in [0.2, 0.25) is 0 Å². The van der Waals surface area contributed by atoms with Crippen molar-refractivity contribution >= 4 is 23.5 Å². The molecule has 2 nitrogen and oxygen atoms in total. The molecule has 4 heteroatoms. The Balaban J connectivity index is 0. The fourth-order valence-corrected chi connectivity index (χ4v) is 0.677. The maximum Gasteiger partial charge on any atom is 0.185 e. The van der Waals surface area contributed by atoms with Gasteiger partial charge in [0.15, 0.2) is 11.0 Å². The molecule has 0 N–H and O–H groups in total. The van der Waals surface area contributed by atoms with Gasteiger partial charge in [-0.1, -0.05) is 18.2 Å². The van der Waals surface area contributed by atoms with Crippen LogP contribution in [0.1, 0.15) is 6.92 Å². The van der Waals surface area contributed by atoms with Gasteiger partial charge in [-0.3, -0.25) is 9.98 Å². The molecular formula is C10H14ClFN2. The largest absolute Gasteiger partial charge is 0.274 e. The fraction of sp³-hybridized carbons (Fsp3) is 0.200. The number of allylic oxidation sites excluding steroid dienone is 2. The molecule has 0 spiro atoms. The summed E-state index contributed by atoms with van der Waals surface area (Å²) in [7, 11) is 1.39. The van der Waals surface area contributed by atoms with Gasteiger partial charge in [0.2, 0.25) is 0 Å². The van der Waals surface area contributed by atoms with Gasteiger partial charge < -0.3 is 0 Å². The molecule has 0 aliphatic heterocycles. The normalized spacial score (nSPS) is 12.1. The standard InChI is InChI=1S/C8H10ClFN2.C2H4/c1-5(2)7(11-3)6(10)8(9)12-4;1-2/h1,3H2,2,4H3;1-2H2/b7-6-,12-8?;. The van der Waals surface area contributed by atoms with E-state index in [-0.39, 0.29) is 10.9 Å². The van der Waals surface area contributed by atoms with Crippen molar-refractivity contribution in [3.8, 4) is 0 Å². The Morgan fingerprint density at radius 1 is 1.36 bits per heavy atom. The molecular weight excluding hydrogens is 203 g/mol. The Bertz CT molecular complexity index is 280. The van der Waals surface area contributed by atoms with Gasteiger partial charge in [-0.15, -0.1) is 13.2 Å². The van der Waals surface area contributed by atoms with Crippen LogP contribution < -0.4 is 0 Å². The Labute approximate surface area is 89.2 Å². The highest BCUT2D eigenvalue weighted by Gasteiger charge is 2.09. The van der Waals surface area contributed by atoms with Gasteiger partial charge in [0.25, 0.3) is 0 Å². The van der Waals surface area contributed by atoms with Crippen LogP contribution in [0.3, 0.4) is 0 Å². The third-order valence-corrected chi connectivity index (χ3v) is 1.48. The quantitative estimate of drug-likeness (QED) is 0.392. The summed E-state index contributed by atoms with van der Waals surface area (Å²) in [5.41, 5.74) is 0.509. The summed E-state index contributed by atoms with van der Waals surface area (Å²) in [4.78, 5) is 6.91. The van der Waals surface area contributed by atoms with Gasteiger partial charge in [-0.05, 0) is 19.2 Å². The molecule has 0 fully saturated rings. The van der Waals surface area contributed by atoms with Gasteiger partial charge in [0.1, 0.15) is 5.70 Å². The van der Waals surface area contributed by atoms with Crippen LogP contribution in [-0.4, -0.2) is 18.9 Å². The van der Waals surface area contributed by atoms with Crippen LogP contribution in [0.25, 0.3) is 0 Å². The summed E-state index contributed by atoms with van der Waals surface area (Å²) in [5.74, 6) is -0.693. The number of hydrogen-bond donors (Lipinski definition) is 0. The van der Waals surface area contributed by atoms with E-state index in [1.165, 1.54) is 7.05 Å². The minimum Gasteiger partial charge on any atom is -0.274 e. The zero-order valence-electron chi connectivity index (χ0n) is 8.48. The van der Waals surface area contributed by atoms with E-state index >= 15 is 0 Å². The van der Waals surface area contributed by atoms with E-state index in [2.05, 4.69) is 36.4 Å². The van der Waals surface area contributed by atoms with E-state index < -0.39 is 5.83 Å². The summed E-state index contributed by atoms with van der Waals surface area (Å²) in [5, 5.41) is -0.222. The number of hydrogen-bond acceptors (Lipinski definition) is 2. The van der Waals surface area contributed by atoms with Crippen molar-refractivity contribution in [2.24, 2.45) is 9.98 Å². The number of nitrogens with zero attached hydrogens (tertiary/aromatic N) is 2. The lowest BCUT2D eigenvalue weighted by Crippen LogP contribution is -1.93. The maximum absolute atomic E-state index is 13.1. The molecule has 0 aromatic carbocycles. The first-order valence-electron chi connectivity index (χ1n) is 3.69. The van der Waals surface area contributed by atoms with Crippen molar-refractivity contribution < 1.29 is 4.39 Å². The molecule has 0 aliphatic carbocycles. The Hall–Kier alpha value is -1.22. The van der Waals surface area contributed by atoms with E-state index in [4.69, 9.17) is 11.6 Å². The van der Waals surface area contributed by atoms with Crippen molar-refractivity contribution in [1.82, 2.24) is 0 Å². The van der Waals surface area contributed by atoms with Gasteiger partial charge in [0.05, 0.1) is 0 Å². The lowest BCUT2D eigenvalue weighted by molar-refractivity contribution is 0.672. The van der Waals surface area contributed by atoms with Crippen molar-refractivity contribution in [3.63, 3.8) is 0 Å². The number of halogens is 2. The third-order valence-electron chi connectivity index (χ3n) is 1.15. The molecule has 0 unspecified atom stereocenters. The summed E-state index contributed by atoms with van der Waals surface area (Å²) in [6, 6.07) is 0. The van der Waals surface area contributed by atoms with Crippen LogP contribution in [0.15, 0.2) is 46.8 Å². The summed E-state index contributed by atoms with van der Waals surface area (Å²) < 4.78 is 13.1. The second kappa shape index (κ2) is 8.38. The lowest BCUT2D eigenvalue weighted by atomic mass is 10.2. The van der Waals surface area contributed by atoms with E-state index in [0.717, 1.165) is 0 Å². The Morgan fingerprint density at radius 3 is 2.00 bits per heavy atom. The van der Waals surface area contributed by atoms with Crippen molar-refractivity contribution in [2.75, 3.05) is 7.05 Å². The highest BCUT2D eigenvalue weighted by atomic mass is 35.5. The molecule has 0 aromatic heterocycles. The Kier molecular flexibility index (Phi) is 9.14. The average Bonchev–Trinajstić information content (AvgIpc) is 2.20. The first-order valence-corrected chi connectivity index (χ1v) is 4.07. The molecule has 0 bridgehead atoms. The SMILES string of the molecule is C=C.C=N/C(C(=C)C)=C(\F)C(Cl)=NC. The molecule has 0 aromatic rings. The summed E-state index contributed by atoms with van der Waals surface area (Å²) >= 11 is 5.42. The highest BCUT2D eigenvalue weighted by Crippen LogP contribution is 2.17. The monoisotopic (exact) mass is 216 g/mol. The summed E-state index contributed by atoms with van der Waals surface area (Å²) in [6.45, 7) is 14.3. The van der Waals surface area contributed by atoms with Crippen LogP contribution in [-0.2, 0) is 0 Å². The van der Waals surface area contributed by atoms with Crippen LogP contribution in [0, 0.1) is 0 Å². The van der Waals surface area contributed by atoms with Crippen molar-refractivity contribution in [2.45, 2.75) is 6.92 Å². The third kappa shape index (κ3) is 4.72. The molecule has 0 rings (SSSR count). The summed E-state index contributed by atoms with van der Waals surface area (Å²) in [6.07, 6.45) is 0. The van der Waals surface area contributed by atoms with Gasteiger partial charge in [0, 0.05) is 7.05 Å². The van der Waals surface area contributed by atoms with Crippen LogP contribution in [0.4, 0.5) is 4.39 Å². The molecule has 14 heavy (non-hydrogen) atoms. The minimum absolute atomic E-state index is 0.0469. The average molecular weight is 217 g/mol. The lowest BCUT2D eigenvalue weighted by Gasteiger charge is -2.00. The molecule has 0 heterocycles. The number of aliphatic imine (C=N–C) groups is 2. The Morgan fingerprint density at radius 2 is 1.79 bits per heavy atom. The van der Waals surface area contributed by atoms with Gasteiger partial charge in [-0.25, -0.2) is 4.39 Å². The zero-order chi connectivity index (χ0) is 11.7. The van der Waals surface area contributed by atoms with E-state index in [9.17, 15) is 4.39 Å². The minimum atomic E-state index is -0.693. The van der Waals surface area contributed by atoms with Crippen molar-refractivity contribution in [1.29, 1.82) is 0 Å². The van der Waals surface area contributed by atoms with Crippen LogP contribution in [0.5, 0.6) is 0 Å². The maximum atomic E-state index is 13.1. The smallest absolute Gasteiger partial charge is 0.185 e. The van der Waals surface area contributed by atoms with E-state index in [1.54, 1.807) is 6.92 Å². The molecule has 0 aliphatic rings. The van der Waals surface area contributed by atoms with E-state index in [1.807, 2.05) is 0 Å². The fourth-order valence-electron chi connectivity index (χ4n) is 0.588. The topological polar surface area (TPSA) is 24.7 Å². The molecule has 78 valence electrons. The van der Waals surface area contributed by atoms with Crippen molar-refractivity contribution in [3.05, 3.63) is 36.8 Å². The molecule has 0 radical (unpaired) electrons. The molecule has 0 saturated heterocycles. The first-order chi connectivity index (χ1) is 6.54. The van der Waals surface area contributed by atoms with Gasteiger partial charge in [-0.2, -0.15) is 0 Å². The highest BCUT2D eigenvalue weighted by molar-refractivity contribution is 6.69. The predicted molar refractivity (Wildman–Crippen MR) is 63.0 cm³/mol. The zero-order valence-corrected chi connectivity index (χ0v) is 9.23. The predicted octanol–water partition coefficient (Wildman–Crippen LogP) is 3.51. The van der Waals surface area contributed by atoms with Gasteiger partial charge >= 0.3 is 0 Å². The first kappa shape index (κ1) is 15.3. The molecule has 0 amide bonds. The molecule has 0 atom stereocenters. The second-order valence-electron chi connectivity index (χ2n) is 2.12. The van der Waals surface area contributed by atoms with E-state index in [0.29, 0.717) is 5.57 Å². The molecule has 0 saturated carbocycles. The van der Waals surface area contributed by atoms with Crippen LogP contribution >= 0.6 is 11.6 Å².